The summed E-state index contributed by atoms with van der Waals surface area (Å²) < 4.78 is 3.15. The lowest BCUT2D eigenvalue weighted by Gasteiger charge is -2.28. The first-order valence-corrected chi connectivity index (χ1v) is 11.1. The number of nitrogens with zero attached hydrogens (tertiary/aromatic N) is 5. The molecule has 1 fully saturated rings. The zero-order chi connectivity index (χ0) is 23.4. The van der Waals surface area contributed by atoms with Gasteiger partial charge in [-0.2, -0.15) is 10.2 Å². The second-order valence-electron chi connectivity index (χ2n) is 7.75. The molecule has 1 saturated heterocycles. The van der Waals surface area contributed by atoms with Crippen molar-refractivity contribution in [2.45, 2.75) is 25.1 Å². The van der Waals surface area contributed by atoms with E-state index in [-0.39, 0.29) is 23.1 Å². The summed E-state index contributed by atoms with van der Waals surface area (Å²) in [6, 6.07) is 4.71. The van der Waals surface area contributed by atoms with Crippen LogP contribution in [0.5, 0.6) is 0 Å². The van der Waals surface area contributed by atoms with Crippen LogP contribution >= 0.6 is 11.6 Å². The predicted octanol–water partition coefficient (Wildman–Crippen LogP) is 0.622. The molecule has 1 aliphatic heterocycles. The molecule has 4 heterocycles. The van der Waals surface area contributed by atoms with Crippen molar-refractivity contribution in [3.05, 3.63) is 48.2 Å². The number of amides is 2. The van der Waals surface area contributed by atoms with E-state index in [2.05, 4.69) is 31.1 Å². The quantitative estimate of drug-likeness (QED) is 0.370. The lowest BCUT2D eigenvalue weighted by Crippen LogP contribution is -2.52. The fourth-order valence-electron chi connectivity index (χ4n) is 3.61. The van der Waals surface area contributed by atoms with Crippen molar-refractivity contribution in [1.29, 1.82) is 0 Å². The number of hydrogen-bond donors (Lipinski definition) is 4. The minimum atomic E-state index is -0.690. The Kier molecular flexibility index (Phi) is 7.02. The summed E-state index contributed by atoms with van der Waals surface area (Å²) in [7, 11) is 1.66. The molecule has 0 radical (unpaired) electrons. The average Bonchev–Trinajstić information content (AvgIpc) is 3.42. The minimum absolute atomic E-state index is 0.0649. The molecule has 2 amide bonds. The van der Waals surface area contributed by atoms with Crippen molar-refractivity contribution in [2.24, 2.45) is 7.05 Å². The Balaban J connectivity index is 1.49. The molecule has 0 bridgehead atoms. The number of halogens is 1. The van der Waals surface area contributed by atoms with Crippen LogP contribution in [-0.2, 0) is 13.6 Å². The normalized spacial score (nSPS) is 18.2. The number of alkyl halides is 1. The number of carbonyl (C=O) groups is 2. The lowest BCUT2D eigenvalue weighted by molar-refractivity contribution is 0.0761. The molecule has 174 valence electrons. The van der Waals surface area contributed by atoms with Crippen LogP contribution < -0.4 is 16.0 Å². The third-order valence-electron chi connectivity index (χ3n) is 5.28. The van der Waals surface area contributed by atoms with E-state index < -0.39 is 17.9 Å². The van der Waals surface area contributed by atoms with Crippen LogP contribution in [0.3, 0.4) is 0 Å². The van der Waals surface area contributed by atoms with Gasteiger partial charge in [-0.05, 0) is 25.1 Å². The fourth-order valence-corrected chi connectivity index (χ4v) is 3.78. The molecule has 0 spiro atoms. The third kappa shape index (κ3) is 5.38. The Bertz CT molecular complexity index is 1140. The molecule has 11 nitrogen and oxygen atoms in total. The van der Waals surface area contributed by atoms with Gasteiger partial charge in [0, 0.05) is 37.4 Å². The maximum absolute atomic E-state index is 12.9. The minimum Gasteiger partial charge on any atom is -0.390 e. The number of aryl methyl sites for hydroxylation is 2. The number of piperidine rings is 1. The highest BCUT2D eigenvalue weighted by molar-refractivity contribution is 6.17. The van der Waals surface area contributed by atoms with Gasteiger partial charge in [0.1, 0.15) is 5.69 Å². The summed E-state index contributed by atoms with van der Waals surface area (Å²) in [6.45, 7) is 1.67. The molecule has 0 aliphatic carbocycles. The molecule has 0 saturated carbocycles. The van der Waals surface area contributed by atoms with E-state index >= 15 is 0 Å². The molecule has 1 aliphatic rings. The number of anilines is 1. The maximum Gasteiger partial charge on any atom is 0.274 e. The largest absolute Gasteiger partial charge is 0.390 e. The second-order valence-corrected chi connectivity index (χ2v) is 8.13. The number of aliphatic hydroxyl groups is 1. The monoisotopic (exact) mass is 472 g/mol. The summed E-state index contributed by atoms with van der Waals surface area (Å²) >= 11 is 5.75. The van der Waals surface area contributed by atoms with E-state index in [0.717, 1.165) is 5.56 Å². The third-order valence-corrected chi connectivity index (χ3v) is 5.45. The molecule has 4 rings (SSSR count). The average molecular weight is 473 g/mol. The number of aromatic nitrogens is 5. The number of pyridine rings is 1. The molecule has 1 unspecified atom stereocenters. The van der Waals surface area contributed by atoms with E-state index in [1.807, 2.05) is 6.20 Å². The number of hydrogen-bond acceptors (Lipinski definition) is 7. The summed E-state index contributed by atoms with van der Waals surface area (Å²) in [4.78, 5) is 30.1. The van der Waals surface area contributed by atoms with Gasteiger partial charge in [-0.1, -0.05) is 6.07 Å². The zero-order valence-electron chi connectivity index (χ0n) is 18.0. The molecular weight excluding hydrogens is 448 g/mol. The molecule has 3 aromatic rings. The van der Waals surface area contributed by atoms with Crippen LogP contribution in [0.1, 0.15) is 27.4 Å². The van der Waals surface area contributed by atoms with Crippen molar-refractivity contribution < 1.29 is 14.7 Å². The first-order valence-electron chi connectivity index (χ1n) is 10.5. The van der Waals surface area contributed by atoms with Crippen molar-refractivity contribution in [3.63, 3.8) is 0 Å². The molecule has 4 N–H and O–H groups in total. The number of rotatable bonds is 7. The van der Waals surface area contributed by atoms with Crippen LogP contribution in [0, 0.1) is 0 Å². The molecule has 2 atom stereocenters. The maximum atomic E-state index is 12.9. The Morgan fingerprint density at radius 2 is 2.15 bits per heavy atom. The summed E-state index contributed by atoms with van der Waals surface area (Å²) in [6.07, 6.45) is 4.93. The predicted molar refractivity (Wildman–Crippen MR) is 122 cm³/mol. The van der Waals surface area contributed by atoms with Crippen molar-refractivity contribution in [3.8, 4) is 11.3 Å². The Hall–Kier alpha value is -3.28. The molecule has 33 heavy (non-hydrogen) atoms. The van der Waals surface area contributed by atoms with Crippen LogP contribution in [0.2, 0.25) is 0 Å². The summed E-state index contributed by atoms with van der Waals surface area (Å²) in [5.74, 6) is -0.506. The Morgan fingerprint density at radius 3 is 2.94 bits per heavy atom. The highest BCUT2D eigenvalue weighted by atomic mass is 35.5. The van der Waals surface area contributed by atoms with Crippen molar-refractivity contribution in [2.75, 3.05) is 24.3 Å². The van der Waals surface area contributed by atoms with Gasteiger partial charge in [0.05, 0.1) is 36.3 Å². The van der Waals surface area contributed by atoms with Gasteiger partial charge in [0.25, 0.3) is 11.8 Å². The highest BCUT2D eigenvalue weighted by Gasteiger charge is 2.27. The SMILES string of the molecule is Cn1cc(NC(=O)c2cccc(-c3cnn(CCCl)c3)n2)c(C(=O)NC2CCNC[C@H]2O)n1. The van der Waals surface area contributed by atoms with Crippen LogP contribution in [-0.4, -0.2) is 72.6 Å². The van der Waals surface area contributed by atoms with Crippen LogP contribution in [0.25, 0.3) is 11.3 Å². The number of β-amino-alcohol motifs (C(OH)–C–C–N with tert-alkyl or cyclic N) is 1. The van der Waals surface area contributed by atoms with Gasteiger partial charge in [-0.15, -0.1) is 11.6 Å². The zero-order valence-corrected chi connectivity index (χ0v) is 18.8. The molecule has 0 aromatic carbocycles. The Labute approximate surface area is 195 Å². The van der Waals surface area contributed by atoms with Gasteiger partial charge < -0.3 is 21.1 Å². The fraction of sp³-hybridized carbons (Fsp3) is 0.381. The van der Waals surface area contributed by atoms with E-state index in [4.69, 9.17) is 11.6 Å². The molecule has 12 heteroatoms. The molecular formula is C21H25ClN8O3. The summed E-state index contributed by atoms with van der Waals surface area (Å²) in [5.41, 5.74) is 1.85. The first-order chi connectivity index (χ1) is 15.9. The Morgan fingerprint density at radius 1 is 1.30 bits per heavy atom. The van der Waals surface area contributed by atoms with E-state index in [9.17, 15) is 14.7 Å². The number of aliphatic hydroxyl groups excluding tert-OH is 1. The standard InChI is InChI=1S/C21H25ClN8O3/c1-29-12-17(19(28-29)21(33)26-15-5-7-23-10-18(15)31)27-20(32)16-4-2-3-14(25-16)13-9-24-30(11-13)8-6-22/h2-4,9,11-12,15,18,23,31H,5-8,10H2,1H3,(H,26,33)(H,27,32)/t15?,18-/m1/s1. The van der Waals surface area contributed by atoms with Crippen molar-refractivity contribution >= 4 is 29.1 Å². The number of nitrogens with one attached hydrogen (secondary N) is 3. The van der Waals surface area contributed by atoms with Gasteiger partial charge in [-0.3, -0.25) is 19.0 Å². The van der Waals surface area contributed by atoms with Crippen LogP contribution in [0.15, 0.2) is 36.8 Å². The highest BCUT2D eigenvalue weighted by Crippen LogP contribution is 2.19. The van der Waals surface area contributed by atoms with Gasteiger partial charge in [-0.25, -0.2) is 4.98 Å². The second kappa shape index (κ2) is 10.1. The van der Waals surface area contributed by atoms with Crippen LogP contribution in [0.4, 0.5) is 5.69 Å². The van der Waals surface area contributed by atoms with E-state index in [1.54, 1.807) is 42.3 Å². The smallest absolute Gasteiger partial charge is 0.274 e. The molecule has 3 aromatic heterocycles. The lowest BCUT2D eigenvalue weighted by atomic mass is 10.0. The van der Waals surface area contributed by atoms with Crippen molar-refractivity contribution in [1.82, 2.24) is 35.2 Å². The van der Waals surface area contributed by atoms with E-state index in [0.29, 0.717) is 37.6 Å². The summed E-state index contributed by atoms with van der Waals surface area (Å²) in [5, 5.41) is 27.1. The van der Waals surface area contributed by atoms with Gasteiger partial charge >= 0.3 is 0 Å². The van der Waals surface area contributed by atoms with Gasteiger partial charge in [0.2, 0.25) is 0 Å². The topological polar surface area (TPSA) is 139 Å². The first kappa shape index (κ1) is 22.9. The number of carbonyl (C=O) groups excluding carboxylic acids is 2. The van der Waals surface area contributed by atoms with E-state index in [1.165, 1.54) is 4.68 Å². The van der Waals surface area contributed by atoms with Gasteiger partial charge in [0.15, 0.2) is 5.69 Å².